The zero-order valence-corrected chi connectivity index (χ0v) is 18.9. The molecule has 1 aromatic heterocycles. The minimum atomic E-state index is -0.0316. The van der Waals surface area contributed by atoms with E-state index in [4.69, 9.17) is 11.6 Å². The number of H-pyrrole nitrogens is 1. The third-order valence-electron chi connectivity index (χ3n) is 6.51. The van der Waals surface area contributed by atoms with Crippen LogP contribution in [0.3, 0.4) is 0 Å². The number of benzene rings is 3. The topological polar surface area (TPSA) is 82.2 Å². The van der Waals surface area contributed by atoms with Gasteiger partial charge in [-0.25, -0.2) is 0 Å². The predicted molar refractivity (Wildman–Crippen MR) is 129 cm³/mol. The summed E-state index contributed by atoms with van der Waals surface area (Å²) in [6.45, 7) is 1.71. The van der Waals surface area contributed by atoms with E-state index in [0.717, 1.165) is 22.2 Å². The second kappa shape index (κ2) is 8.11. The number of aromatic nitrogens is 3. The summed E-state index contributed by atoms with van der Waals surface area (Å²) in [5, 5.41) is 11.2. The Balaban J connectivity index is 1.14. The van der Waals surface area contributed by atoms with Crippen LogP contribution in [0.1, 0.15) is 20.7 Å². The van der Waals surface area contributed by atoms with E-state index in [1.54, 1.807) is 17.0 Å². The molecule has 2 aliphatic heterocycles. The first-order valence-electron chi connectivity index (χ1n) is 11.0. The number of fused-ring (bicyclic) bond motifs is 2. The summed E-state index contributed by atoms with van der Waals surface area (Å²) in [6, 6.07) is 20.6. The molecule has 8 heteroatoms. The van der Waals surface area contributed by atoms with E-state index in [2.05, 4.69) is 15.4 Å². The maximum absolute atomic E-state index is 13.1. The summed E-state index contributed by atoms with van der Waals surface area (Å²) >= 11 is 5.97. The number of amides is 2. The zero-order valence-electron chi connectivity index (χ0n) is 18.1. The number of hydrogen-bond donors (Lipinski definition) is 1. The SMILES string of the molecule is O=C(c1ccc(-c2ccc(Cl)cc2)cc1)N1C=C2CN(C(=O)c3ccc4[nH]nnc4c3)C[C@H]2C1. The molecular weight excluding hydrogens is 450 g/mol. The number of nitrogens with one attached hydrogen (secondary N) is 1. The first-order chi connectivity index (χ1) is 16.5. The fourth-order valence-electron chi connectivity index (χ4n) is 4.68. The van der Waals surface area contributed by atoms with Crippen molar-refractivity contribution in [2.24, 2.45) is 5.92 Å². The normalized spacial score (nSPS) is 17.2. The first-order valence-corrected chi connectivity index (χ1v) is 11.4. The molecule has 3 aromatic carbocycles. The molecule has 1 N–H and O–H groups in total. The molecule has 34 heavy (non-hydrogen) atoms. The van der Waals surface area contributed by atoms with Crippen LogP contribution in [0, 0.1) is 5.92 Å². The second-order valence-corrected chi connectivity index (χ2v) is 9.11. The van der Waals surface area contributed by atoms with Crippen molar-refractivity contribution in [3.63, 3.8) is 0 Å². The van der Waals surface area contributed by atoms with Crippen LogP contribution >= 0.6 is 11.6 Å². The molecule has 0 saturated carbocycles. The van der Waals surface area contributed by atoms with Crippen LogP contribution in [-0.2, 0) is 0 Å². The molecule has 3 heterocycles. The molecule has 0 aliphatic carbocycles. The van der Waals surface area contributed by atoms with E-state index in [0.29, 0.717) is 41.3 Å². The fourth-order valence-corrected chi connectivity index (χ4v) is 4.80. The van der Waals surface area contributed by atoms with Gasteiger partial charge in [-0.2, -0.15) is 0 Å². The van der Waals surface area contributed by atoms with Crippen LogP contribution < -0.4 is 0 Å². The summed E-state index contributed by atoms with van der Waals surface area (Å²) in [6.07, 6.45) is 1.91. The molecule has 1 saturated heterocycles. The van der Waals surface area contributed by atoms with Crippen molar-refractivity contribution in [2.45, 2.75) is 0 Å². The quantitative estimate of drug-likeness (QED) is 0.482. The van der Waals surface area contributed by atoms with Crippen molar-refractivity contribution in [1.29, 1.82) is 0 Å². The average molecular weight is 470 g/mol. The average Bonchev–Trinajstić information content (AvgIpc) is 3.58. The van der Waals surface area contributed by atoms with Gasteiger partial charge in [-0.1, -0.05) is 41.1 Å². The highest BCUT2D eigenvalue weighted by molar-refractivity contribution is 6.30. The van der Waals surface area contributed by atoms with E-state index >= 15 is 0 Å². The number of aromatic amines is 1. The highest BCUT2D eigenvalue weighted by atomic mass is 35.5. The van der Waals surface area contributed by atoms with E-state index < -0.39 is 0 Å². The summed E-state index contributed by atoms with van der Waals surface area (Å²) in [5.41, 5.74) is 5.90. The van der Waals surface area contributed by atoms with Gasteiger partial charge in [0.1, 0.15) is 5.52 Å². The van der Waals surface area contributed by atoms with Crippen LogP contribution in [-0.4, -0.2) is 56.7 Å². The predicted octanol–water partition coefficient (Wildman–Crippen LogP) is 4.39. The Morgan fingerprint density at radius 1 is 0.882 bits per heavy atom. The molecule has 168 valence electrons. The van der Waals surface area contributed by atoms with E-state index in [1.807, 2.05) is 65.7 Å². The Labute approximate surface area is 200 Å². The number of carbonyl (C=O) groups is 2. The molecule has 1 fully saturated rings. The molecule has 0 bridgehead atoms. The van der Waals surface area contributed by atoms with Crippen LogP contribution in [0.25, 0.3) is 22.2 Å². The maximum atomic E-state index is 13.1. The fraction of sp³-hybridized carbons (Fsp3) is 0.154. The number of hydrogen-bond acceptors (Lipinski definition) is 4. The monoisotopic (exact) mass is 469 g/mol. The molecule has 0 unspecified atom stereocenters. The number of carbonyl (C=O) groups excluding carboxylic acids is 2. The summed E-state index contributed by atoms with van der Waals surface area (Å²) in [7, 11) is 0. The van der Waals surface area contributed by atoms with Gasteiger partial charge in [0.2, 0.25) is 0 Å². The van der Waals surface area contributed by atoms with Crippen LogP contribution in [0.2, 0.25) is 5.02 Å². The third kappa shape index (κ3) is 3.64. The van der Waals surface area contributed by atoms with Crippen molar-refractivity contribution in [3.05, 3.63) is 94.7 Å². The lowest BCUT2D eigenvalue weighted by molar-refractivity contribution is 0.0774. The third-order valence-corrected chi connectivity index (χ3v) is 6.76. The van der Waals surface area contributed by atoms with Crippen molar-refractivity contribution in [1.82, 2.24) is 25.2 Å². The van der Waals surface area contributed by atoms with Gasteiger partial charge < -0.3 is 9.80 Å². The van der Waals surface area contributed by atoms with Gasteiger partial charge >= 0.3 is 0 Å². The van der Waals surface area contributed by atoms with Crippen LogP contribution in [0.5, 0.6) is 0 Å². The van der Waals surface area contributed by atoms with Crippen molar-refractivity contribution >= 4 is 34.4 Å². The van der Waals surface area contributed by atoms with E-state index in [1.165, 1.54) is 0 Å². The smallest absolute Gasteiger partial charge is 0.257 e. The number of rotatable bonds is 3. The summed E-state index contributed by atoms with van der Waals surface area (Å²) in [4.78, 5) is 29.7. The van der Waals surface area contributed by atoms with Crippen molar-refractivity contribution < 1.29 is 9.59 Å². The highest BCUT2D eigenvalue weighted by Crippen LogP contribution is 2.32. The molecular formula is C26H20ClN5O2. The molecule has 7 nitrogen and oxygen atoms in total. The molecule has 0 radical (unpaired) electrons. The van der Waals surface area contributed by atoms with Crippen LogP contribution in [0.15, 0.2) is 78.5 Å². The standard InChI is InChI=1S/C26H20ClN5O2/c27-22-8-5-17(6-9-22)16-1-3-18(4-2-16)25(33)31-12-20-14-32(15-21(20)13-31)26(34)19-7-10-23-24(11-19)29-30-28-23/h1-12,21H,13-15H2,(H,28,29,30)/t21-/m1/s1. The molecule has 2 aliphatic rings. The first kappa shape index (κ1) is 20.6. The lowest BCUT2D eigenvalue weighted by Gasteiger charge is -2.20. The summed E-state index contributed by atoms with van der Waals surface area (Å²) < 4.78 is 0. The summed E-state index contributed by atoms with van der Waals surface area (Å²) in [5.74, 6) is 0.104. The Morgan fingerprint density at radius 3 is 2.32 bits per heavy atom. The van der Waals surface area contributed by atoms with Gasteiger partial charge in [0.05, 0.1) is 5.52 Å². The Morgan fingerprint density at radius 2 is 1.59 bits per heavy atom. The minimum absolute atomic E-state index is 0.0288. The largest absolute Gasteiger partial charge is 0.334 e. The molecule has 4 aromatic rings. The van der Waals surface area contributed by atoms with Gasteiger partial charge in [-0.15, -0.1) is 5.10 Å². The zero-order chi connectivity index (χ0) is 23.2. The van der Waals surface area contributed by atoms with E-state index in [-0.39, 0.29) is 17.7 Å². The lowest BCUT2D eigenvalue weighted by atomic mass is 10.0. The Kier molecular flexibility index (Phi) is 4.92. The molecule has 0 spiro atoms. The Hall–Kier alpha value is -3.97. The van der Waals surface area contributed by atoms with Crippen molar-refractivity contribution in [3.8, 4) is 11.1 Å². The second-order valence-electron chi connectivity index (χ2n) is 8.67. The highest BCUT2D eigenvalue weighted by Gasteiger charge is 2.37. The number of halogens is 1. The number of nitrogens with zero attached hydrogens (tertiary/aromatic N) is 4. The van der Waals surface area contributed by atoms with Gasteiger partial charge in [-0.05, 0) is 59.2 Å². The van der Waals surface area contributed by atoms with Gasteiger partial charge in [0.25, 0.3) is 11.8 Å². The minimum Gasteiger partial charge on any atom is -0.334 e. The van der Waals surface area contributed by atoms with Crippen molar-refractivity contribution in [2.75, 3.05) is 19.6 Å². The lowest BCUT2D eigenvalue weighted by Crippen LogP contribution is -2.33. The maximum Gasteiger partial charge on any atom is 0.257 e. The van der Waals surface area contributed by atoms with Crippen LogP contribution in [0.4, 0.5) is 0 Å². The Bertz CT molecular complexity index is 1440. The van der Waals surface area contributed by atoms with Gasteiger partial charge in [0, 0.05) is 47.9 Å². The van der Waals surface area contributed by atoms with E-state index in [9.17, 15) is 9.59 Å². The molecule has 2 amide bonds. The molecule has 6 rings (SSSR count). The van der Waals surface area contributed by atoms with Gasteiger partial charge in [-0.3, -0.25) is 14.7 Å². The molecule has 1 atom stereocenters. The number of likely N-dealkylation sites (tertiary alicyclic amines) is 1. The van der Waals surface area contributed by atoms with Gasteiger partial charge in [0.15, 0.2) is 0 Å².